The van der Waals surface area contributed by atoms with Gasteiger partial charge in [0, 0.05) is 28.1 Å². The molecule has 1 fully saturated rings. The third-order valence-electron chi connectivity index (χ3n) is 3.13. The lowest BCUT2D eigenvalue weighted by Gasteiger charge is -2.22. The van der Waals surface area contributed by atoms with E-state index in [1.54, 1.807) is 6.07 Å². The number of benzene rings is 1. The number of anilines is 1. The maximum atomic E-state index is 12.2. The van der Waals surface area contributed by atoms with E-state index in [1.165, 1.54) is 6.07 Å². The monoisotopic (exact) mass is 405 g/mol. The minimum atomic E-state index is -1.09. The Balaban J connectivity index is 2.23. The Morgan fingerprint density at radius 1 is 1.25 bits per heavy atom. The third-order valence-corrected chi connectivity index (χ3v) is 4.21. The van der Waals surface area contributed by atoms with Crippen LogP contribution in [-0.4, -0.2) is 30.2 Å². The van der Waals surface area contributed by atoms with Crippen molar-refractivity contribution in [3.05, 3.63) is 26.6 Å². The number of aromatic carboxylic acids is 1. The van der Waals surface area contributed by atoms with Gasteiger partial charge in [0.05, 0.1) is 11.3 Å². The van der Waals surface area contributed by atoms with Crippen molar-refractivity contribution >= 4 is 49.4 Å². The number of carbonyl (C=O) groups is 2. The lowest BCUT2D eigenvalue weighted by Crippen LogP contribution is -2.29. The Morgan fingerprint density at radius 3 is 2.50 bits per heavy atom. The molecule has 0 atom stereocenters. The number of ether oxygens (including phenoxy) is 1. The molecule has 2 N–H and O–H groups in total. The molecule has 5 nitrogen and oxygen atoms in total. The van der Waals surface area contributed by atoms with Crippen molar-refractivity contribution in [3.8, 4) is 0 Å². The zero-order chi connectivity index (χ0) is 14.7. The van der Waals surface area contributed by atoms with Gasteiger partial charge in [0.25, 0.3) is 0 Å². The van der Waals surface area contributed by atoms with Gasteiger partial charge in [-0.1, -0.05) is 15.9 Å². The summed E-state index contributed by atoms with van der Waals surface area (Å²) in [6.45, 7) is 1.12. The fraction of sp³-hybridized carbons (Fsp3) is 0.385. The van der Waals surface area contributed by atoms with Crippen molar-refractivity contribution in [2.45, 2.75) is 12.8 Å². The number of carboxylic acid groups (broad SMARTS) is 1. The second-order valence-corrected chi connectivity index (χ2v) is 6.26. The molecule has 1 heterocycles. The maximum Gasteiger partial charge on any atom is 0.337 e. The van der Waals surface area contributed by atoms with Crippen LogP contribution in [0, 0.1) is 5.92 Å². The summed E-state index contributed by atoms with van der Waals surface area (Å²) in [6.07, 6.45) is 1.31. The van der Waals surface area contributed by atoms with Crippen LogP contribution in [0.2, 0.25) is 0 Å². The number of rotatable bonds is 3. The summed E-state index contributed by atoms with van der Waals surface area (Å²) < 4.78 is 6.37. The molecule has 1 amide bonds. The van der Waals surface area contributed by atoms with E-state index in [0.29, 0.717) is 35.0 Å². The molecule has 0 radical (unpaired) electrons. The molecule has 0 saturated carbocycles. The molecule has 1 aliphatic rings. The number of carboxylic acids is 1. The SMILES string of the molecule is O=C(O)c1cc(Br)cc(Br)c1NC(=O)C1CCOCC1. The molecule has 1 saturated heterocycles. The van der Waals surface area contributed by atoms with Crippen LogP contribution < -0.4 is 5.32 Å². The molecule has 20 heavy (non-hydrogen) atoms. The Labute approximate surface area is 132 Å². The van der Waals surface area contributed by atoms with E-state index in [4.69, 9.17) is 4.74 Å². The van der Waals surface area contributed by atoms with Crippen molar-refractivity contribution in [1.82, 2.24) is 0 Å². The van der Waals surface area contributed by atoms with E-state index < -0.39 is 5.97 Å². The molecule has 0 aromatic heterocycles. The Hall–Kier alpha value is -0.920. The highest BCUT2D eigenvalue weighted by Gasteiger charge is 2.24. The highest BCUT2D eigenvalue weighted by Crippen LogP contribution is 2.31. The van der Waals surface area contributed by atoms with Crippen molar-refractivity contribution in [2.75, 3.05) is 18.5 Å². The fourth-order valence-corrected chi connectivity index (χ4v) is 3.38. The Kier molecular flexibility index (Phi) is 5.17. The van der Waals surface area contributed by atoms with Gasteiger partial charge < -0.3 is 15.2 Å². The van der Waals surface area contributed by atoms with Gasteiger partial charge in [0.2, 0.25) is 5.91 Å². The smallest absolute Gasteiger partial charge is 0.337 e. The zero-order valence-electron chi connectivity index (χ0n) is 10.5. The molecule has 0 unspecified atom stereocenters. The molecule has 1 aromatic carbocycles. The normalized spacial score (nSPS) is 15.9. The summed E-state index contributed by atoms with van der Waals surface area (Å²) in [7, 11) is 0. The molecule has 2 rings (SSSR count). The Bertz CT molecular complexity index is 541. The van der Waals surface area contributed by atoms with Crippen molar-refractivity contribution in [1.29, 1.82) is 0 Å². The molecular weight excluding hydrogens is 394 g/mol. The second kappa shape index (κ2) is 6.69. The van der Waals surface area contributed by atoms with Crippen LogP contribution in [0.15, 0.2) is 21.1 Å². The quantitative estimate of drug-likeness (QED) is 0.807. The average molecular weight is 407 g/mol. The number of halogens is 2. The van der Waals surface area contributed by atoms with Crippen LogP contribution in [0.25, 0.3) is 0 Å². The summed E-state index contributed by atoms with van der Waals surface area (Å²) in [5.74, 6) is -1.39. The number of nitrogens with one attached hydrogen (secondary N) is 1. The van der Waals surface area contributed by atoms with Crippen molar-refractivity contribution in [2.24, 2.45) is 5.92 Å². The first-order chi connectivity index (χ1) is 9.49. The molecule has 0 aliphatic carbocycles. The van der Waals surface area contributed by atoms with Gasteiger partial charge in [-0.3, -0.25) is 4.79 Å². The summed E-state index contributed by atoms with van der Waals surface area (Å²) in [6, 6.07) is 3.17. The van der Waals surface area contributed by atoms with Gasteiger partial charge in [-0.15, -0.1) is 0 Å². The topological polar surface area (TPSA) is 75.6 Å². The zero-order valence-corrected chi connectivity index (χ0v) is 13.7. The van der Waals surface area contributed by atoms with Crippen LogP contribution in [0.1, 0.15) is 23.2 Å². The molecular formula is C13H13Br2NO4. The predicted octanol–water partition coefficient (Wildman–Crippen LogP) is 3.27. The summed E-state index contributed by atoms with van der Waals surface area (Å²) in [4.78, 5) is 23.5. The van der Waals surface area contributed by atoms with Gasteiger partial charge >= 0.3 is 5.97 Å². The molecule has 0 spiro atoms. The summed E-state index contributed by atoms with van der Waals surface area (Å²) >= 11 is 6.52. The predicted molar refractivity (Wildman–Crippen MR) is 81.0 cm³/mol. The minimum absolute atomic E-state index is 0.0478. The first kappa shape index (κ1) is 15.5. The van der Waals surface area contributed by atoms with Gasteiger partial charge in [0.1, 0.15) is 0 Å². The van der Waals surface area contributed by atoms with E-state index in [2.05, 4.69) is 37.2 Å². The van der Waals surface area contributed by atoms with Gasteiger partial charge in [0.15, 0.2) is 0 Å². The van der Waals surface area contributed by atoms with Crippen LogP contribution >= 0.6 is 31.9 Å². The number of carbonyl (C=O) groups excluding carboxylic acids is 1. The molecule has 108 valence electrons. The molecule has 7 heteroatoms. The maximum absolute atomic E-state index is 12.2. The van der Waals surface area contributed by atoms with E-state index in [1.807, 2.05) is 0 Å². The number of hydrogen-bond donors (Lipinski definition) is 2. The van der Waals surface area contributed by atoms with E-state index in [9.17, 15) is 14.7 Å². The fourth-order valence-electron chi connectivity index (χ4n) is 2.05. The average Bonchev–Trinajstić information content (AvgIpc) is 2.42. The standard InChI is InChI=1S/C13H13Br2NO4/c14-8-5-9(13(18)19)11(10(15)6-8)16-12(17)7-1-3-20-4-2-7/h5-7H,1-4H2,(H,16,17)(H,18,19). The largest absolute Gasteiger partial charge is 0.478 e. The number of amides is 1. The van der Waals surface area contributed by atoms with Crippen LogP contribution in [0.5, 0.6) is 0 Å². The lowest BCUT2D eigenvalue weighted by molar-refractivity contribution is -0.122. The summed E-state index contributed by atoms with van der Waals surface area (Å²) in [5.41, 5.74) is 0.337. The third kappa shape index (κ3) is 3.59. The highest BCUT2D eigenvalue weighted by atomic mass is 79.9. The van der Waals surface area contributed by atoms with E-state index in [-0.39, 0.29) is 23.1 Å². The van der Waals surface area contributed by atoms with Crippen molar-refractivity contribution < 1.29 is 19.4 Å². The minimum Gasteiger partial charge on any atom is -0.478 e. The van der Waals surface area contributed by atoms with Crippen LogP contribution in [0.3, 0.4) is 0 Å². The number of hydrogen-bond acceptors (Lipinski definition) is 3. The van der Waals surface area contributed by atoms with Crippen molar-refractivity contribution in [3.63, 3.8) is 0 Å². The van der Waals surface area contributed by atoms with Gasteiger partial charge in [-0.25, -0.2) is 4.79 Å². The lowest BCUT2D eigenvalue weighted by atomic mass is 9.99. The highest BCUT2D eigenvalue weighted by molar-refractivity contribution is 9.11. The van der Waals surface area contributed by atoms with Crippen LogP contribution in [0.4, 0.5) is 5.69 Å². The first-order valence-corrected chi connectivity index (χ1v) is 7.68. The summed E-state index contributed by atoms with van der Waals surface area (Å²) in [5, 5.41) is 11.9. The molecule has 0 bridgehead atoms. The van der Waals surface area contributed by atoms with Crippen LogP contribution in [-0.2, 0) is 9.53 Å². The molecule has 1 aliphatic heterocycles. The second-order valence-electron chi connectivity index (χ2n) is 4.49. The van der Waals surface area contributed by atoms with E-state index >= 15 is 0 Å². The van der Waals surface area contributed by atoms with E-state index in [0.717, 1.165) is 0 Å². The Morgan fingerprint density at radius 2 is 1.90 bits per heavy atom. The van der Waals surface area contributed by atoms with Gasteiger partial charge in [-0.2, -0.15) is 0 Å². The van der Waals surface area contributed by atoms with Gasteiger partial charge in [-0.05, 0) is 40.9 Å². The molecule has 1 aromatic rings. The first-order valence-electron chi connectivity index (χ1n) is 6.10.